The van der Waals surface area contributed by atoms with Crippen LogP contribution in [0.5, 0.6) is 5.75 Å². The van der Waals surface area contributed by atoms with Crippen molar-refractivity contribution in [1.82, 2.24) is 15.2 Å². The van der Waals surface area contributed by atoms with Crippen LogP contribution in [0, 0.1) is 0 Å². The third-order valence-corrected chi connectivity index (χ3v) is 3.47. The minimum Gasteiger partial charge on any atom is -0.506 e. The zero-order valence-corrected chi connectivity index (χ0v) is 15.0. The van der Waals surface area contributed by atoms with Gasteiger partial charge in [-0.1, -0.05) is 26.0 Å². The Kier molecular flexibility index (Phi) is 6.24. The van der Waals surface area contributed by atoms with Crippen LogP contribution in [0.3, 0.4) is 0 Å². The SMILES string of the molecule is CC.Nc1nc(C(=O)Nc2ccccc2O)ccc1-c1cc(C(F)(F)F)[nH]n1. The molecule has 0 aliphatic rings. The summed E-state index contributed by atoms with van der Waals surface area (Å²) in [5.74, 6) is -0.917. The number of nitrogens with two attached hydrogens (primary N) is 1. The first kappa shape index (κ1) is 20.7. The Morgan fingerprint density at radius 2 is 1.86 bits per heavy atom. The molecule has 10 heteroatoms. The van der Waals surface area contributed by atoms with Gasteiger partial charge >= 0.3 is 6.18 Å². The maximum Gasteiger partial charge on any atom is 0.432 e. The van der Waals surface area contributed by atoms with Gasteiger partial charge < -0.3 is 16.2 Å². The molecule has 0 atom stereocenters. The van der Waals surface area contributed by atoms with Crippen LogP contribution in [0.1, 0.15) is 30.0 Å². The molecule has 7 nitrogen and oxygen atoms in total. The largest absolute Gasteiger partial charge is 0.506 e. The summed E-state index contributed by atoms with van der Waals surface area (Å²) in [4.78, 5) is 16.1. The first-order chi connectivity index (χ1) is 13.3. The number of carbonyl (C=O) groups is 1. The van der Waals surface area contributed by atoms with Gasteiger partial charge in [-0.3, -0.25) is 9.89 Å². The highest BCUT2D eigenvalue weighted by molar-refractivity contribution is 6.04. The molecule has 2 heterocycles. The van der Waals surface area contributed by atoms with E-state index < -0.39 is 17.8 Å². The number of nitrogens with one attached hydrogen (secondary N) is 2. The number of phenolic OH excluding ortho intramolecular Hbond substituents is 1. The number of carbonyl (C=O) groups excluding carboxylic acids is 1. The minimum atomic E-state index is -4.56. The van der Waals surface area contributed by atoms with Crippen LogP contribution in [0.15, 0.2) is 42.5 Å². The zero-order valence-electron chi connectivity index (χ0n) is 15.0. The van der Waals surface area contributed by atoms with Gasteiger partial charge in [0, 0.05) is 5.56 Å². The van der Waals surface area contributed by atoms with Gasteiger partial charge in [-0.05, 0) is 30.3 Å². The number of H-pyrrole nitrogens is 1. The Bertz CT molecular complexity index is 970. The van der Waals surface area contributed by atoms with Crippen molar-refractivity contribution in [1.29, 1.82) is 0 Å². The monoisotopic (exact) mass is 393 g/mol. The fourth-order valence-electron chi connectivity index (χ4n) is 2.19. The number of hydrogen-bond acceptors (Lipinski definition) is 5. The summed E-state index contributed by atoms with van der Waals surface area (Å²) in [6, 6.07) is 9.55. The number of halogens is 3. The normalized spacial score (nSPS) is 10.8. The van der Waals surface area contributed by atoms with Crippen LogP contribution < -0.4 is 11.1 Å². The number of pyridine rings is 1. The van der Waals surface area contributed by atoms with Crippen molar-refractivity contribution in [2.24, 2.45) is 0 Å². The van der Waals surface area contributed by atoms with E-state index in [0.29, 0.717) is 0 Å². The van der Waals surface area contributed by atoms with E-state index in [4.69, 9.17) is 5.73 Å². The fourth-order valence-corrected chi connectivity index (χ4v) is 2.19. The standard InChI is InChI=1S/C16H12F3N5O2.C2H6/c17-16(18,19)13-7-11(23-24-13)8-5-6-10(21-14(8)20)15(26)22-9-3-1-2-4-12(9)25;1-2/h1-7,25H,(H2,20,21)(H,22,26)(H,23,24);1-2H3. The number of phenols is 1. The van der Waals surface area contributed by atoms with Crippen LogP contribution in [0.2, 0.25) is 0 Å². The number of hydrogen-bond donors (Lipinski definition) is 4. The number of para-hydroxylation sites is 2. The Morgan fingerprint density at radius 1 is 1.18 bits per heavy atom. The van der Waals surface area contributed by atoms with Gasteiger partial charge in [-0.15, -0.1) is 0 Å². The van der Waals surface area contributed by atoms with Gasteiger partial charge in [-0.2, -0.15) is 18.3 Å². The lowest BCUT2D eigenvalue weighted by Crippen LogP contribution is -2.14. The summed E-state index contributed by atoms with van der Waals surface area (Å²) in [5.41, 5.74) is 4.96. The lowest BCUT2D eigenvalue weighted by atomic mass is 10.1. The van der Waals surface area contributed by atoms with Gasteiger partial charge in [0.1, 0.15) is 23.0 Å². The van der Waals surface area contributed by atoms with E-state index in [1.54, 1.807) is 12.1 Å². The van der Waals surface area contributed by atoms with Crippen molar-refractivity contribution in [3.05, 3.63) is 53.9 Å². The van der Waals surface area contributed by atoms with Crippen LogP contribution in [-0.4, -0.2) is 26.2 Å². The van der Waals surface area contributed by atoms with Gasteiger partial charge in [0.05, 0.1) is 11.4 Å². The number of aromatic nitrogens is 3. The molecule has 0 radical (unpaired) electrons. The van der Waals surface area contributed by atoms with E-state index in [-0.39, 0.29) is 34.2 Å². The summed E-state index contributed by atoms with van der Waals surface area (Å²) in [5, 5.41) is 17.6. The van der Waals surface area contributed by atoms with E-state index in [1.807, 2.05) is 18.9 Å². The Morgan fingerprint density at radius 3 is 2.43 bits per heavy atom. The third kappa shape index (κ3) is 4.58. The Balaban J connectivity index is 0.00000136. The number of amides is 1. The second-order valence-electron chi connectivity index (χ2n) is 5.27. The fraction of sp³-hybridized carbons (Fsp3) is 0.167. The maximum absolute atomic E-state index is 12.6. The van der Waals surface area contributed by atoms with Crippen LogP contribution in [-0.2, 0) is 6.18 Å². The zero-order chi connectivity index (χ0) is 20.9. The summed E-state index contributed by atoms with van der Waals surface area (Å²) in [6.45, 7) is 4.00. The number of benzene rings is 1. The number of nitrogens with zero attached hydrogens (tertiary/aromatic N) is 2. The van der Waals surface area contributed by atoms with Crippen molar-refractivity contribution in [2.75, 3.05) is 11.1 Å². The average Bonchev–Trinajstić information content (AvgIpc) is 3.15. The predicted octanol–water partition coefficient (Wildman–Crippen LogP) is 4.06. The lowest BCUT2D eigenvalue weighted by molar-refractivity contribution is -0.141. The quantitative estimate of drug-likeness (QED) is 0.501. The molecule has 0 unspecified atom stereocenters. The van der Waals surface area contributed by atoms with Crippen LogP contribution in [0.4, 0.5) is 24.7 Å². The highest BCUT2D eigenvalue weighted by atomic mass is 19.4. The first-order valence-electron chi connectivity index (χ1n) is 8.24. The molecule has 5 N–H and O–H groups in total. The molecule has 0 bridgehead atoms. The molecule has 148 valence electrons. The van der Waals surface area contributed by atoms with Gasteiger partial charge in [0.2, 0.25) is 0 Å². The lowest BCUT2D eigenvalue weighted by Gasteiger charge is -2.08. The molecule has 28 heavy (non-hydrogen) atoms. The summed E-state index contributed by atoms with van der Waals surface area (Å²) >= 11 is 0. The van der Waals surface area contributed by atoms with Gasteiger partial charge in [0.25, 0.3) is 5.91 Å². The van der Waals surface area contributed by atoms with Crippen molar-refractivity contribution in [3.63, 3.8) is 0 Å². The molecular weight excluding hydrogens is 375 g/mol. The van der Waals surface area contributed by atoms with Gasteiger partial charge in [-0.25, -0.2) is 4.98 Å². The van der Waals surface area contributed by atoms with E-state index in [9.17, 15) is 23.1 Å². The van der Waals surface area contributed by atoms with E-state index in [1.165, 1.54) is 24.3 Å². The summed E-state index contributed by atoms with van der Waals surface area (Å²) in [6.07, 6.45) is -4.56. The number of aromatic hydroxyl groups is 1. The summed E-state index contributed by atoms with van der Waals surface area (Å²) in [7, 11) is 0. The number of anilines is 2. The number of rotatable bonds is 3. The van der Waals surface area contributed by atoms with E-state index in [2.05, 4.69) is 15.4 Å². The molecule has 0 aliphatic carbocycles. The van der Waals surface area contributed by atoms with Crippen molar-refractivity contribution in [3.8, 4) is 17.0 Å². The molecule has 1 amide bonds. The molecule has 3 rings (SSSR count). The van der Waals surface area contributed by atoms with Crippen molar-refractivity contribution < 1.29 is 23.1 Å². The molecule has 1 aromatic carbocycles. The maximum atomic E-state index is 12.6. The smallest absolute Gasteiger partial charge is 0.432 e. The van der Waals surface area contributed by atoms with Crippen molar-refractivity contribution in [2.45, 2.75) is 20.0 Å². The molecule has 2 aromatic heterocycles. The molecule has 0 spiro atoms. The third-order valence-electron chi connectivity index (χ3n) is 3.47. The van der Waals surface area contributed by atoms with E-state index in [0.717, 1.165) is 6.07 Å². The van der Waals surface area contributed by atoms with Gasteiger partial charge in [0.15, 0.2) is 0 Å². The molecule has 0 aliphatic heterocycles. The Hall–Kier alpha value is -3.56. The minimum absolute atomic E-state index is 0.0463. The highest BCUT2D eigenvalue weighted by Crippen LogP contribution is 2.31. The molecule has 0 fully saturated rings. The van der Waals surface area contributed by atoms with Crippen LogP contribution >= 0.6 is 0 Å². The van der Waals surface area contributed by atoms with E-state index >= 15 is 0 Å². The number of aromatic amines is 1. The molecule has 0 saturated heterocycles. The predicted molar refractivity (Wildman–Crippen MR) is 98.6 cm³/mol. The Labute approximate surface area is 158 Å². The molecule has 0 saturated carbocycles. The summed E-state index contributed by atoms with van der Waals surface area (Å²) < 4.78 is 37.9. The first-order valence-corrected chi connectivity index (χ1v) is 8.24. The topological polar surface area (TPSA) is 117 Å². The van der Waals surface area contributed by atoms with Crippen molar-refractivity contribution >= 4 is 17.4 Å². The average molecular weight is 393 g/mol. The van der Waals surface area contributed by atoms with Crippen LogP contribution in [0.25, 0.3) is 11.3 Å². The highest BCUT2D eigenvalue weighted by Gasteiger charge is 2.33. The second-order valence-corrected chi connectivity index (χ2v) is 5.27. The molecule has 3 aromatic rings. The second kappa shape index (κ2) is 8.42. The number of nitrogen functional groups attached to an aromatic ring is 1. The number of alkyl halides is 3. The molecular formula is C18H18F3N5O2.